The summed E-state index contributed by atoms with van der Waals surface area (Å²) in [4.78, 5) is 5.04. The van der Waals surface area contributed by atoms with Gasteiger partial charge in [-0.05, 0) is 43.8 Å². The van der Waals surface area contributed by atoms with E-state index in [1.165, 1.54) is 12.3 Å². The molecule has 0 aliphatic rings. The Morgan fingerprint density at radius 3 is 2.75 bits per heavy atom. The van der Waals surface area contributed by atoms with Gasteiger partial charge in [-0.2, -0.15) is 0 Å². The third kappa shape index (κ3) is 4.10. The lowest BCUT2D eigenvalue weighted by molar-refractivity contribution is 0.155. The minimum atomic E-state index is -0.453. The highest BCUT2D eigenvalue weighted by molar-refractivity contribution is 7.10. The first kappa shape index (κ1) is 15.1. The minimum Gasteiger partial charge on any atom is -0.388 e. The molecule has 0 aromatic carbocycles. The van der Waals surface area contributed by atoms with Gasteiger partial charge in [0.15, 0.2) is 0 Å². The Bertz CT molecular complexity index is 515. The number of halogens is 1. The van der Waals surface area contributed by atoms with E-state index in [1.807, 2.05) is 31.4 Å². The van der Waals surface area contributed by atoms with E-state index in [-0.39, 0.29) is 17.9 Å². The summed E-state index contributed by atoms with van der Waals surface area (Å²) in [5.74, 6) is -0.331. The van der Waals surface area contributed by atoms with Crippen LogP contribution in [-0.4, -0.2) is 16.1 Å². The molecule has 0 bridgehead atoms. The maximum absolute atomic E-state index is 12.8. The Morgan fingerprint density at radius 2 is 2.15 bits per heavy atom. The Balaban J connectivity index is 1.87. The highest BCUT2D eigenvalue weighted by Gasteiger charge is 2.16. The summed E-state index contributed by atoms with van der Waals surface area (Å²) in [5, 5.41) is 15.4. The van der Waals surface area contributed by atoms with Gasteiger partial charge in [-0.3, -0.25) is 4.98 Å². The number of rotatable bonds is 6. The molecule has 3 unspecified atom stereocenters. The zero-order chi connectivity index (χ0) is 14.5. The Kier molecular flexibility index (Phi) is 5.23. The van der Waals surface area contributed by atoms with E-state index in [0.29, 0.717) is 6.42 Å². The molecule has 3 nitrogen and oxygen atoms in total. The molecule has 108 valence electrons. The van der Waals surface area contributed by atoms with Crippen molar-refractivity contribution in [3.63, 3.8) is 0 Å². The molecule has 0 spiro atoms. The van der Waals surface area contributed by atoms with Crippen molar-refractivity contribution in [2.24, 2.45) is 0 Å². The first-order valence-corrected chi connectivity index (χ1v) is 7.53. The molecule has 0 saturated carbocycles. The van der Waals surface area contributed by atoms with Crippen LogP contribution < -0.4 is 5.32 Å². The van der Waals surface area contributed by atoms with Crippen LogP contribution in [0.2, 0.25) is 0 Å². The summed E-state index contributed by atoms with van der Waals surface area (Å²) in [6.45, 7) is 4.01. The fraction of sp³-hybridized carbons (Fsp3) is 0.400. The molecule has 0 radical (unpaired) electrons. The van der Waals surface area contributed by atoms with Crippen molar-refractivity contribution in [3.05, 3.63) is 52.2 Å². The van der Waals surface area contributed by atoms with Crippen LogP contribution in [0.3, 0.4) is 0 Å². The van der Waals surface area contributed by atoms with Gasteiger partial charge in [0.05, 0.1) is 18.0 Å². The molecule has 2 aromatic heterocycles. The van der Waals surface area contributed by atoms with Crippen LogP contribution in [0.25, 0.3) is 0 Å². The molecule has 0 saturated heterocycles. The maximum Gasteiger partial charge on any atom is 0.141 e. The molecular weight excluding hydrogens is 275 g/mol. The van der Waals surface area contributed by atoms with Gasteiger partial charge >= 0.3 is 0 Å². The Hall–Kier alpha value is -1.30. The van der Waals surface area contributed by atoms with Crippen molar-refractivity contribution >= 4 is 11.3 Å². The summed E-state index contributed by atoms with van der Waals surface area (Å²) in [5.41, 5.74) is 0.795. The molecule has 5 heteroatoms. The second-order valence-corrected chi connectivity index (χ2v) is 5.94. The van der Waals surface area contributed by atoms with Crippen LogP contribution in [0.1, 0.15) is 43.0 Å². The van der Waals surface area contributed by atoms with Crippen molar-refractivity contribution in [1.29, 1.82) is 0 Å². The van der Waals surface area contributed by atoms with Gasteiger partial charge in [0.2, 0.25) is 0 Å². The molecule has 2 heterocycles. The summed E-state index contributed by atoms with van der Waals surface area (Å²) in [6, 6.07) is 7.11. The van der Waals surface area contributed by atoms with E-state index in [4.69, 9.17) is 0 Å². The molecule has 2 aromatic rings. The Labute approximate surface area is 122 Å². The van der Waals surface area contributed by atoms with E-state index in [9.17, 15) is 9.50 Å². The van der Waals surface area contributed by atoms with Crippen molar-refractivity contribution in [2.75, 3.05) is 0 Å². The normalized spacial score (nSPS) is 15.8. The molecular formula is C15H19FN2OS. The van der Waals surface area contributed by atoms with Gasteiger partial charge in [0.1, 0.15) is 5.82 Å². The average Bonchev–Trinajstić information content (AvgIpc) is 2.93. The number of nitrogens with one attached hydrogen (secondary N) is 1. The van der Waals surface area contributed by atoms with Crippen molar-refractivity contribution < 1.29 is 9.50 Å². The van der Waals surface area contributed by atoms with Crippen LogP contribution in [0.5, 0.6) is 0 Å². The lowest BCUT2D eigenvalue weighted by Crippen LogP contribution is -2.30. The lowest BCUT2D eigenvalue weighted by Gasteiger charge is -2.21. The van der Waals surface area contributed by atoms with E-state index in [0.717, 1.165) is 10.6 Å². The molecule has 2 rings (SSSR count). The Morgan fingerprint density at radius 1 is 1.35 bits per heavy atom. The highest BCUT2D eigenvalue weighted by atomic mass is 32.1. The van der Waals surface area contributed by atoms with Crippen molar-refractivity contribution in [3.8, 4) is 0 Å². The molecule has 3 atom stereocenters. The number of thiophene rings is 1. The summed E-state index contributed by atoms with van der Waals surface area (Å²) in [6.07, 6.45) is 1.40. The molecule has 20 heavy (non-hydrogen) atoms. The lowest BCUT2D eigenvalue weighted by atomic mass is 10.1. The van der Waals surface area contributed by atoms with Gasteiger partial charge in [-0.25, -0.2) is 4.39 Å². The zero-order valence-corrected chi connectivity index (χ0v) is 12.4. The number of pyridine rings is 1. The van der Waals surface area contributed by atoms with Gasteiger partial charge in [0.25, 0.3) is 0 Å². The van der Waals surface area contributed by atoms with Gasteiger partial charge in [-0.1, -0.05) is 6.07 Å². The SMILES string of the molecule is CC(CC(O)c1cccs1)NC(C)c1ccc(F)cn1. The topological polar surface area (TPSA) is 45.1 Å². The second kappa shape index (κ2) is 6.92. The summed E-state index contributed by atoms with van der Waals surface area (Å²) < 4.78 is 12.8. The molecule has 2 N–H and O–H groups in total. The fourth-order valence-corrected chi connectivity index (χ4v) is 2.88. The van der Waals surface area contributed by atoms with E-state index < -0.39 is 6.10 Å². The number of aromatic nitrogens is 1. The summed E-state index contributed by atoms with van der Waals surface area (Å²) in [7, 11) is 0. The predicted octanol–water partition coefficient (Wildman–Crippen LogP) is 3.45. The second-order valence-electron chi connectivity index (χ2n) is 4.96. The van der Waals surface area contributed by atoms with Crippen LogP contribution in [-0.2, 0) is 0 Å². The number of hydrogen-bond acceptors (Lipinski definition) is 4. The average molecular weight is 294 g/mol. The van der Waals surface area contributed by atoms with Crippen LogP contribution in [0, 0.1) is 5.82 Å². The van der Waals surface area contributed by atoms with Crippen LogP contribution in [0.15, 0.2) is 35.8 Å². The van der Waals surface area contributed by atoms with Gasteiger partial charge in [0, 0.05) is 17.0 Å². The maximum atomic E-state index is 12.8. The van der Waals surface area contributed by atoms with Crippen LogP contribution in [0.4, 0.5) is 4.39 Å². The highest BCUT2D eigenvalue weighted by Crippen LogP contribution is 2.23. The minimum absolute atomic E-state index is 0.0149. The van der Waals surface area contributed by atoms with Gasteiger partial charge in [-0.15, -0.1) is 11.3 Å². The number of nitrogens with zero attached hydrogens (tertiary/aromatic N) is 1. The first-order chi connectivity index (χ1) is 9.56. The third-order valence-corrected chi connectivity index (χ3v) is 4.15. The quantitative estimate of drug-likeness (QED) is 0.858. The predicted molar refractivity (Wildman–Crippen MR) is 79.1 cm³/mol. The van der Waals surface area contributed by atoms with Gasteiger partial charge < -0.3 is 10.4 Å². The number of hydrogen-bond donors (Lipinski definition) is 2. The summed E-state index contributed by atoms with van der Waals surface area (Å²) >= 11 is 1.56. The van der Waals surface area contributed by atoms with E-state index >= 15 is 0 Å². The van der Waals surface area contributed by atoms with Crippen molar-refractivity contribution in [1.82, 2.24) is 10.3 Å². The van der Waals surface area contributed by atoms with E-state index in [1.54, 1.807) is 17.4 Å². The number of aliphatic hydroxyl groups is 1. The fourth-order valence-electron chi connectivity index (χ4n) is 2.16. The smallest absolute Gasteiger partial charge is 0.141 e. The third-order valence-electron chi connectivity index (χ3n) is 3.18. The largest absolute Gasteiger partial charge is 0.388 e. The van der Waals surface area contributed by atoms with E-state index in [2.05, 4.69) is 10.3 Å². The monoisotopic (exact) mass is 294 g/mol. The molecule has 0 aliphatic carbocycles. The molecule has 0 aliphatic heterocycles. The molecule has 0 fully saturated rings. The molecule has 0 amide bonds. The number of aliphatic hydroxyl groups excluding tert-OH is 1. The zero-order valence-electron chi connectivity index (χ0n) is 11.6. The standard InChI is InChI=1S/C15H19FN2OS/c1-10(8-14(19)15-4-3-7-20-15)18-11(2)13-6-5-12(16)9-17-13/h3-7,9-11,14,18-19H,8H2,1-2H3. The first-order valence-electron chi connectivity index (χ1n) is 6.65. The van der Waals surface area contributed by atoms with Crippen LogP contribution >= 0.6 is 11.3 Å². The van der Waals surface area contributed by atoms with Crippen molar-refractivity contribution in [2.45, 2.75) is 38.5 Å².